The van der Waals surface area contributed by atoms with Crippen LogP contribution in [0, 0.1) is 10.1 Å². The van der Waals surface area contributed by atoms with Crippen LogP contribution >= 0.6 is 0 Å². The predicted molar refractivity (Wildman–Crippen MR) is 71.0 cm³/mol. The second-order valence-corrected chi connectivity index (χ2v) is 3.88. The van der Waals surface area contributed by atoms with E-state index in [1.54, 1.807) is 24.3 Å². The fourth-order valence-electron chi connectivity index (χ4n) is 1.60. The number of benzene rings is 2. The summed E-state index contributed by atoms with van der Waals surface area (Å²) in [5.74, 6) is 0.240. The fraction of sp³-hybridized carbons (Fsp3) is 0.0714. The van der Waals surface area contributed by atoms with E-state index in [0.29, 0.717) is 17.1 Å². The van der Waals surface area contributed by atoms with Crippen LogP contribution in [-0.4, -0.2) is 18.0 Å². The Bertz CT molecular complexity index is 654. The predicted octanol–water partition coefficient (Wildman–Crippen LogP) is 3.17. The Kier molecular flexibility index (Phi) is 3.95. The van der Waals surface area contributed by atoms with E-state index < -0.39 is 10.9 Å². The van der Waals surface area contributed by atoms with Crippen molar-refractivity contribution in [1.29, 1.82) is 0 Å². The van der Waals surface area contributed by atoms with E-state index >= 15 is 0 Å². The molecule has 0 N–H and O–H groups in total. The molecule has 2 rings (SSSR count). The Morgan fingerprint density at radius 2 is 1.75 bits per heavy atom. The quantitative estimate of drug-likeness (QED) is 0.485. The molecule has 0 bridgehead atoms. The van der Waals surface area contributed by atoms with Gasteiger partial charge in [0.05, 0.1) is 23.7 Å². The zero-order chi connectivity index (χ0) is 14.5. The van der Waals surface area contributed by atoms with E-state index in [0.717, 1.165) is 0 Å². The highest BCUT2D eigenvalue weighted by Crippen LogP contribution is 2.25. The molecule has 20 heavy (non-hydrogen) atoms. The molecule has 6 heteroatoms. The number of hydrogen-bond donors (Lipinski definition) is 0. The molecule has 0 aliphatic carbocycles. The van der Waals surface area contributed by atoms with E-state index in [1.165, 1.54) is 31.4 Å². The van der Waals surface area contributed by atoms with Crippen molar-refractivity contribution in [2.24, 2.45) is 0 Å². The molecule has 0 fully saturated rings. The maximum absolute atomic E-state index is 11.4. The number of carbonyl (C=O) groups excluding carboxylic acids is 1. The van der Waals surface area contributed by atoms with Crippen molar-refractivity contribution < 1.29 is 19.2 Å². The number of non-ortho nitro benzene ring substituents is 1. The van der Waals surface area contributed by atoms with Crippen molar-refractivity contribution >= 4 is 11.7 Å². The maximum atomic E-state index is 11.4. The van der Waals surface area contributed by atoms with E-state index in [4.69, 9.17) is 4.74 Å². The van der Waals surface area contributed by atoms with Gasteiger partial charge in [0.15, 0.2) is 0 Å². The highest BCUT2D eigenvalue weighted by molar-refractivity contribution is 5.89. The molecule has 6 nitrogen and oxygen atoms in total. The van der Waals surface area contributed by atoms with Crippen LogP contribution in [0.4, 0.5) is 5.69 Å². The van der Waals surface area contributed by atoms with Crippen LogP contribution in [-0.2, 0) is 4.74 Å². The third-order valence-electron chi connectivity index (χ3n) is 2.52. The van der Waals surface area contributed by atoms with Gasteiger partial charge in [-0.2, -0.15) is 0 Å². The summed E-state index contributed by atoms with van der Waals surface area (Å²) in [6, 6.07) is 12.2. The smallest absolute Gasteiger partial charge is 0.337 e. The van der Waals surface area contributed by atoms with E-state index in [2.05, 4.69) is 4.74 Å². The number of rotatable bonds is 4. The summed E-state index contributed by atoms with van der Waals surface area (Å²) in [5, 5.41) is 10.7. The van der Waals surface area contributed by atoms with Crippen LogP contribution in [0.5, 0.6) is 11.5 Å². The van der Waals surface area contributed by atoms with E-state index in [1.807, 2.05) is 0 Å². The molecule has 2 aromatic carbocycles. The average molecular weight is 273 g/mol. The highest BCUT2D eigenvalue weighted by atomic mass is 16.6. The third-order valence-corrected chi connectivity index (χ3v) is 2.52. The van der Waals surface area contributed by atoms with Gasteiger partial charge in [-0.15, -0.1) is 0 Å². The second-order valence-electron chi connectivity index (χ2n) is 3.88. The van der Waals surface area contributed by atoms with Crippen molar-refractivity contribution in [3.8, 4) is 11.5 Å². The Morgan fingerprint density at radius 3 is 2.40 bits per heavy atom. The Balaban J connectivity index is 2.24. The van der Waals surface area contributed by atoms with Crippen molar-refractivity contribution in [3.05, 3.63) is 64.2 Å². The van der Waals surface area contributed by atoms with Gasteiger partial charge in [-0.3, -0.25) is 10.1 Å². The number of hydrogen-bond acceptors (Lipinski definition) is 5. The standard InChI is InChI=1S/C14H11NO5/c1-19-14(16)10-4-2-6-12(8-10)20-13-7-3-5-11(9-13)15(17)18/h2-9H,1H3. The van der Waals surface area contributed by atoms with Crippen molar-refractivity contribution in [3.63, 3.8) is 0 Å². The van der Waals surface area contributed by atoms with E-state index in [9.17, 15) is 14.9 Å². The summed E-state index contributed by atoms with van der Waals surface area (Å²) in [5.41, 5.74) is 0.280. The molecule has 0 amide bonds. The molecule has 2 aromatic rings. The summed E-state index contributed by atoms with van der Waals surface area (Å²) in [7, 11) is 1.29. The Labute approximate surface area is 114 Å². The van der Waals surface area contributed by atoms with Gasteiger partial charge in [-0.25, -0.2) is 4.79 Å². The SMILES string of the molecule is COC(=O)c1cccc(Oc2cccc([N+](=O)[O-])c2)c1. The first-order valence-electron chi connectivity index (χ1n) is 5.71. The molecular formula is C14H11NO5. The lowest BCUT2D eigenvalue weighted by Gasteiger charge is -2.06. The number of nitro groups is 1. The van der Waals surface area contributed by atoms with Crippen LogP contribution in [0.15, 0.2) is 48.5 Å². The first-order valence-corrected chi connectivity index (χ1v) is 5.71. The van der Waals surface area contributed by atoms with Gasteiger partial charge in [0.2, 0.25) is 0 Å². The first kappa shape index (κ1) is 13.5. The number of esters is 1. The van der Waals surface area contributed by atoms with Crippen molar-refractivity contribution in [1.82, 2.24) is 0 Å². The Hall–Kier alpha value is -2.89. The normalized spacial score (nSPS) is 9.85. The number of carbonyl (C=O) groups is 1. The molecule has 0 atom stereocenters. The van der Waals surface area contributed by atoms with Crippen LogP contribution in [0.1, 0.15) is 10.4 Å². The van der Waals surface area contributed by atoms with E-state index in [-0.39, 0.29) is 5.69 Å². The minimum absolute atomic E-state index is 0.0633. The molecule has 0 aliphatic rings. The van der Waals surface area contributed by atoms with Gasteiger partial charge in [0.25, 0.3) is 5.69 Å². The highest BCUT2D eigenvalue weighted by Gasteiger charge is 2.09. The van der Waals surface area contributed by atoms with Crippen LogP contribution in [0.3, 0.4) is 0 Å². The van der Waals surface area contributed by atoms with Gasteiger partial charge in [-0.1, -0.05) is 12.1 Å². The number of nitrogens with zero attached hydrogens (tertiary/aromatic N) is 1. The minimum atomic E-state index is -0.502. The average Bonchev–Trinajstić information content (AvgIpc) is 2.47. The van der Waals surface area contributed by atoms with Gasteiger partial charge in [-0.05, 0) is 24.3 Å². The molecule has 102 valence electrons. The summed E-state index contributed by atoms with van der Waals surface area (Å²) in [4.78, 5) is 21.6. The monoisotopic (exact) mass is 273 g/mol. The molecule has 0 saturated carbocycles. The number of nitro benzene ring substituents is 1. The summed E-state index contributed by atoms with van der Waals surface area (Å²) >= 11 is 0. The largest absolute Gasteiger partial charge is 0.465 e. The Morgan fingerprint density at radius 1 is 1.10 bits per heavy atom. The van der Waals surface area contributed by atoms with Crippen LogP contribution in [0.25, 0.3) is 0 Å². The molecule has 0 radical (unpaired) electrons. The van der Waals surface area contributed by atoms with Gasteiger partial charge < -0.3 is 9.47 Å². The molecule has 0 heterocycles. The number of methoxy groups -OCH3 is 1. The van der Waals surface area contributed by atoms with Gasteiger partial charge in [0, 0.05) is 6.07 Å². The lowest BCUT2D eigenvalue weighted by Crippen LogP contribution is -2.00. The molecule has 0 aliphatic heterocycles. The summed E-state index contributed by atoms with van der Waals surface area (Å²) in [6.07, 6.45) is 0. The zero-order valence-electron chi connectivity index (χ0n) is 10.6. The zero-order valence-corrected chi connectivity index (χ0v) is 10.6. The molecule has 0 saturated heterocycles. The fourth-order valence-corrected chi connectivity index (χ4v) is 1.60. The third kappa shape index (κ3) is 3.11. The number of ether oxygens (including phenoxy) is 2. The van der Waals surface area contributed by atoms with Gasteiger partial charge >= 0.3 is 5.97 Å². The molecular weight excluding hydrogens is 262 g/mol. The van der Waals surface area contributed by atoms with Crippen LogP contribution < -0.4 is 4.74 Å². The van der Waals surface area contributed by atoms with Gasteiger partial charge in [0.1, 0.15) is 11.5 Å². The first-order chi connectivity index (χ1) is 9.60. The summed E-state index contributed by atoms with van der Waals surface area (Å²) in [6.45, 7) is 0. The topological polar surface area (TPSA) is 78.7 Å². The molecule has 0 aromatic heterocycles. The van der Waals surface area contributed by atoms with Crippen LogP contribution in [0.2, 0.25) is 0 Å². The molecule has 0 spiro atoms. The maximum Gasteiger partial charge on any atom is 0.337 e. The summed E-state index contributed by atoms with van der Waals surface area (Å²) < 4.78 is 10.1. The second kappa shape index (κ2) is 5.83. The minimum Gasteiger partial charge on any atom is -0.465 e. The van der Waals surface area contributed by atoms with Crippen molar-refractivity contribution in [2.75, 3.05) is 7.11 Å². The lowest BCUT2D eigenvalue weighted by molar-refractivity contribution is -0.384. The van der Waals surface area contributed by atoms with Crippen molar-refractivity contribution in [2.45, 2.75) is 0 Å². The lowest BCUT2D eigenvalue weighted by atomic mass is 10.2. The molecule has 0 unspecified atom stereocenters.